The molecule has 7 heterocycles. The van der Waals surface area contributed by atoms with Gasteiger partial charge in [0, 0.05) is 60.1 Å². The van der Waals surface area contributed by atoms with Gasteiger partial charge >= 0.3 is 0 Å². The third kappa shape index (κ3) is 10.3. The quantitative estimate of drug-likeness (QED) is 0.114. The minimum atomic E-state index is 0.231. The van der Waals surface area contributed by atoms with Crippen LogP contribution in [-0.4, -0.2) is 59.0 Å². The number of fused-ring (bicyclic) bond motifs is 10. The largest absolute Gasteiger partial charge is 0.456 e. The predicted molar refractivity (Wildman–Crippen MR) is 379 cm³/mol. The number of furan rings is 1. The van der Waals surface area contributed by atoms with E-state index in [1.807, 2.05) is 133 Å². The topological polar surface area (TPSA) is 152 Å². The zero-order chi connectivity index (χ0) is 62.8. The minimum absolute atomic E-state index is 0.231. The number of hydrogen-bond donors (Lipinski definition) is 0. The Labute approximate surface area is 548 Å². The summed E-state index contributed by atoms with van der Waals surface area (Å²) in [6, 6.07) is 80.1. The Kier molecular flexibility index (Phi) is 14.2. The van der Waals surface area contributed by atoms with E-state index in [2.05, 4.69) is 106 Å². The maximum absolute atomic E-state index is 6.31. The third-order valence-electron chi connectivity index (χ3n) is 19.6. The van der Waals surface area contributed by atoms with Gasteiger partial charge in [-0.15, -0.1) is 0 Å². The van der Waals surface area contributed by atoms with E-state index in [0.717, 1.165) is 118 Å². The molecule has 16 aromatic rings. The van der Waals surface area contributed by atoms with Gasteiger partial charge in [0.25, 0.3) is 0 Å². The number of pyridine rings is 1. The summed E-state index contributed by atoms with van der Waals surface area (Å²) in [6.07, 6.45) is 14.5. The summed E-state index contributed by atoms with van der Waals surface area (Å²) >= 11 is 0. The van der Waals surface area contributed by atoms with E-state index in [4.69, 9.17) is 54.3 Å². The molecular weight excluding hydrogens is 1170 g/mol. The van der Waals surface area contributed by atoms with Gasteiger partial charge in [0.15, 0.2) is 23.3 Å². The summed E-state index contributed by atoms with van der Waals surface area (Å²) in [5.74, 6) is 4.99. The number of nitrogens with zero attached hydrogens (tertiary/aromatic N) is 12. The van der Waals surface area contributed by atoms with Crippen LogP contribution in [0.15, 0.2) is 235 Å². The van der Waals surface area contributed by atoms with Crippen LogP contribution < -0.4 is 0 Å². The molecule has 95 heavy (non-hydrogen) atoms. The first-order valence-corrected chi connectivity index (χ1v) is 33.5. The van der Waals surface area contributed by atoms with Crippen LogP contribution in [0.25, 0.3) is 157 Å². The second-order valence-corrected chi connectivity index (χ2v) is 25.5. The van der Waals surface area contributed by atoms with E-state index in [1.165, 1.54) is 75.3 Å². The summed E-state index contributed by atoms with van der Waals surface area (Å²) < 4.78 is 11.0. The fourth-order valence-corrected chi connectivity index (χ4v) is 14.9. The lowest BCUT2D eigenvalue weighted by Gasteiger charge is -2.16. The predicted octanol–water partition coefficient (Wildman–Crippen LogP) is 20.3. The molecule has 0 aliphatic heterocycles. The van der Waals surface area contributed by atoms with E-state index in [-0.39, 0.29) is 23.3 Å². The molecule has 0 N–H and O–H groups in total. The molecule has 2 saturated carbocycles. The molecule has 13 nitrogen and oxygen atoms in total. The second-order valence-electron chi connectivity index (χ2n) is 25.5. The number of benzene rings is 9. The van der Waals surface area contributed by atoms with Gasteiger partial charge in [-0.3, -0.25) is 9.13 Å². The SMILES string of the molecule is c1ccc(-c2nc(-c3ccccc3)nc(-c3nc(-c4nc(-c5ccccc5)nc(-c5ccccc5)n4)nc(-n4c5cc(C6CCCCCC6)ccc5c5c6c7ccc(C8CCCCCC8)cc7n(-c7cccc(-c8ccc9oc%10ccccc%10c9c8)n7)c6ccc54)n3)n2)cc1. The first kappa shape index (κ1) is 56.3. The molecule has 0 radical (unpaired) electrons. The molecule has 0 atom stereocenters. The van der Waals surface area contributed by atoms with Crippen molar-refractivity contribution in [1.82, 2.24) is 59.0 Å². The second kappa shape index (κ2) is 23.9. The van der Waals surface area contributed by atoms with Crippen molar-refractivity contribution in [2.75, 3.05) is 0 Å². The number of hydrogen-bond acceptors (Lipinski definition) is 11. The molecule has 9 aromatic carbocycles. The maximum atomic E-state index is 6.31. The third-order valence-corrected chi connectivity index (χ3v) is 19.6. The normalized spacial score (nSPS) is 14.4. The van der Waals surface area contributed by atoms with Crippen molar-refractivity contribution in [1.29, 1.82) is 0 Å². The minimum Gasteiger partial charge on any atom is -0.456 e. The van der Waals surface area contributed by atoms with Crippen LogP contribution in [0.5, 0.6) is 0 Å². The van der Waals surface area contributed by atoms with E-state index in [0.29, 0.717) is 41.1 Å². The molecule has 0 unspecified atom stereocenters. The number of rotatable bonds is 11. The molecule has 458 valence electrons. The number of aromatic nitrogens is 12. The Balaban J connectivity index is 0.916. The molecule has 0 saturated heterocycles. The van der Waals surface area contributed by atoms with Gasteiger partial charge in [-0.1, -0.05) is 221 Å². The smallest absolute Gasteiger partial charge is 0.239 e. The van der Waals surface area contributed by atoms with E-state index < -0.39 is 0 Å². The molecule has 13 heteroatoms. The van der Waals surface area contributed by atoms with Crippen molar-refractivity contribution in [3.05, 3.63) is 242 Å². The number of para-hydroxylation sites is 1. The molecule has 0 bridgehead atoms. The molecule has 0 spiro atoms. The molecule has 2 aliphatic rings. The first-order chi connectivity index (χ1) is 47.1. The molecule has 18 rings (SSSR count). The van der Waals surface area contributed by atoms with Crippen LogP contribution in [0.4, 0.5) is 0 Å². The van der Waals surface area contributed by atoms with Gasteiger partial charge in [-0.05, 0) is 109 Å². The molecule has 7 aromatic heterocycles. The summed E-state index contributed by atoms with van der Waals surface area (Å²) in [5, 5.41) is 6.59. The highest BCUT2D eigenvalue weighted by Crippen LogP contribution is 2.46. The zero-order valence-corrected chi connectivity index (χ0v) is 52.4. The molecule has 0 amide bonds. The van der Waals surface area contributed by atoms with Crippen LogP contribution in [-0.2, 0) is 0 Å². The van der Waals surface area contributed by atoms with Crippen LogP contribution in [0, 0.1) is 0 Å². The van der Waals surface area contributed by atoms with Crippen LogP contribution >= 0.6 is 0 Å². The lowest BCUT2D eigenvalue weighted by atomic mass is 9.90. The van der Waals surface area contributed by atoms with E-state index in [1.54, 1.807) is 0 Å². The lowest BCUT2D eigenvalue weighted by molar-refractivity contribution is 0.593. The maximum Gasteiger partial charge on any atom is 0.239 e. The van der Waals surface area contributed by atoms with Crippen LogP contribution in [0.2, 0.25) is 0 Å². The van der Waals surface area contributed by atoms with Crippen molar-refractivity contribution in [3.8, 4) is 91.9 Å². The highest BCUT2D eigenvalue weighted by molar-refractivity contribution is 6.29. The average molecular weight is 1230 g/mol. The van der Waals surface area contributed by atoms with E-state index in [9.17, 15) is 0 Å². The highest BCUT2D eigenvalue weighted by Gasteiger charge is 2.28. The van der Waals surface area contributed by atoms with Crippen molar-refractivity contribution >= 4 is 65.6 Å². The molecule has 2 aliphatic carbocycles. The van der Waals surface area contributed by atoms with Gasteiger partial charge in [0.05, 0.1) is 27.8 Å². The average Bonchev–Trinajstić information content (AvgIpc) is 1.55. The van der Waals surface area contributed by atoms with Gasteiger partial charge in [-0.25, -0.2) is 39.9 Å². The van der Waals surface area contributed by atoms with Crippen molar-refractivity contribution in [2.45, 2.75) is 88.9 Å². The highest BCUT2D eigenvalue weighted by atomic mass is 16.3. The Morgan fingerprint density at radius 2 is 0.695 bits per heavy atom. The molecular formula is C82H64N12O. The lowest BCUT2D eigenvalue weighted by Crippen LogP contribution is -2.11. The Morgan fingerprint density at radius 3 is 1.20 bits per heavy atom. The van der Waals surface area contributed by atoms with Crippen LogP contribution in [0.3, 0.4) is 0 Å². The molecule has 2 fully saturated rings. The zero-order valence-electron chi connectivity index (χ0n) is 52.4. The van der Waals surface area contributed by atoms with Crippen LogP contribution in [0.1, 0.15) is 100 Å². The van der Waals surface area contributed by atoms with E-state index >= 15 is 0 Å². The summed E-state index contributed by atoms with van der Waals surface area (Å²) in [7, 11) is 0. The fraction of sp³-hybridized carbons (Fsp3) is 0.171. The standard InChI is InChI=1S/C82H64N12O/c1-2-10-25-51(24-9-1)57-40-43-61-67(49-57)93(71-39-23-37-64(83-71)59-42-47-70-63(48-59)60-36-21-22-38-69(60)95-70)65-45-46-66-73(72(61)65)62-44-41-58(52-26-11-3-4-12-27-52)50-68(62)94(66)82-91-80(78-86-74(53-28-13-5-14-29-53)84-75(87-78)54-30-15-6-16-31-54)90-81(92-82)79-88-76(55-32-17-7-18-33-55)85-77(89-79)56-34-19-8-20-35-56/h5-8,13-23,28-52H,1-4,9-12,24-27H2. The van der Waals surface area contributed by atoms with Gasteiger partial charge in [0.1, 0.15) is 17.0 Å². The summed E-state index contributed by atoms with van der Waals surface area (Å²) in [4.78, 5) is 53.4. The fourth-order valence-electron chi connectivity index (χ4n) is 14.9. The van der Waals surface area contributed by atoms with Gasteiger partial charge in [-0.2, -0.15) is 9.97 Å². The summed E-state index contributed by atoms with van der Waals surface area (Å²) in [5.41, 5.74) is 13.7. The Morgan fingerprint density at radius 1 is 0.274 bits per heavy atom. The monoisotopic (exact) mass is 1230 g/mol. The van der Waals surface area contributed by atoms with Crippen molar-refractivity contribution in [3.63, 3.8) is 0 Å². The van der Waals surface area contributed by atoms with Gasteiger partial charge < -0.3 is 4.42 Å². The Hall–Kier alpha value is -11.4. The Bertz CT molecular complexity index is 5320. The summed E-state index contributed by atoms with van der Waals surface area (Å²) in [6.45, 7) is 0. The van der Waals surface area contributed by atoms with Crippen molar-refractivity contribution < 1.29 is 4.42 Å². The van der Waals surface area contributed by atoms with Crippen molar-refractivity contribution in [2.24, 2.45) is 0 Å². The first-order valence-electron chi connectivity index (χ1n) is 33.5. The van der Waals surface area contributed by atoms with Gasteiger partial charge in [0.2, 0.25) is 29.2 Å².